The van der Waals surface area contributed by atoms with Crippen molar-refractivity contribution in [1.82, 2.24) is 0 Å². The van der Waals surface area contributed by atoms with Gasteiger partial charge in [-0.15, -0.1) is 0 Å². The van der Waals surface area contributed by atoms with E-state index < -0.39 is 0 Å². The Morgan fingerprint density at radius 3 is 2.16 bits per heavy atom. The Balaban J connectivity index is 2.26. The van der Waals surface area contributed by atoms with Crippen LogP contribution < -0.4 is 5.73 Å². The van der Waals surface area contributed by atoms with Crippen molar-refractivity contribution in [1.29, 1.82) is 5.41 Å². The zero-order chi connectivity index (χ0) is 18.1. The normalized spacial score (nSPS) is 12.5. The van der Waals surface area contributed by atoms with E-state index in [1.807, 2.05) is 24.3 Å². The molecule has 0 heterocycles. The van der Waals surface area contributed by atoms with Crippen molar-refractivity contribution in [3.8, 4) is 11.5 Å². The Bertz CT molecular complexity index is 823. The maximum Gasteiger partial charge on any atom is 0.122 e. The van der Waals surface area contributed by atoms with Crippen molar-refractivity contribution in [2.75, 3.05) is 0 Å². The van der Waals surface area contributed by atoms with Gasteiger partial charge in [-0.05, 0) is 18.2 Å². The number of phenolic OH excluding ortho intramolecular Hbond substituents is 2. The standard InChI is InChI=1S/C20H21N3O2/c21-13-12-20(22)23-17(14-16-7-2-4-11-19(16)25)9-5-8-15-6-1-3-10-18(15)24/h1-8,10-11,13-14,21,24-25H,9,12H2,(H2,22,23). The monoisotopic (exact) mass is 335 g/mol. The number of amidine groups is 1. The fraction of sp³-hybridized carbons (Fsp3) is 0.100. The van der Waals surface area contributed by atoms with Crippen LogP contribution in [0.15, 0.2) is 65.3 Å². The third-order valence-corrected chi connectivity index (χ3v) is 3.42. The second-order valence-electron chi connectivity index (χ2n) is 5.37. The van der Waals surface area contributed by atoms with Gasteiger partial charge >= 0.3 is 0 Å². The number of benzene rings is 2. The number of hydrogen-bond acceptors (Lipinski definition) is 4. The Kier molecular flexibility index (Phi) is 6.54. The summed E-state index contributed by atoms with van der Waals surface area (Å²) in [7, 11) is 0. The van der Waals surface area contributed by atoms with Gasteiger partial charge in [-0.3, -0.25) is 0 Å². The van der Waals surface area contributed by atoms with Crippen molar-refractivity contribution in [2.45, 2.75) is 12.8 Å². The van der Waals surface area contributed by atoms with E-state index in [1.165, 1.54) is 6.21 Å². The first kappa shape index (κ1) is 18.0. The predicted octanol–water partition coefficient (Wildman–Crippen LogP) is 3.94. The van der Waals surface area contributed by atoms with Gasteiger partial charge in [0.1, 0.15) is 17.3 Å². The van der Waals surface area contributed by atoms with E-state index >= 15 is 0 Å². The Morgan fingerprint density at radius 2 is 1.56 bits per heavy atom. The van der Waals surface area contributed by atoms with Crippen molar-refractivity contribution in [2.24, 2.45) is 10.7 Å². The summed E-state index contributed by atoms with van der Waals surface area (Å²) in [5, 5.41) is 26.8. The number of nitrogens with zero attached hydrogens (tertiary/aromatic N) is 1. The largest absolute Gasteiger partial charge is 0.507 e. The maximum absolute atomic E-state index is 9.93. The zero-order valence-corrected chi connectivity index (χ0v) is 13.8. The minimum atomic E-state index is 0.158. The van der Waals surface area contributed by atoms with Crippen LogP contribution in [-0.2, 0) is 0 Å². The van der Waals surface area contributed by atoms with Crippen LogP contribution in [0.2, 0.25) is 0 Å². The van der Waals surface area contributed by atoms with E-state index in [9.17, 15) is 10.2 Å². The van der Waals surface area contributed by atoms with Gasteiger partial charge in [0.25, 0.3) is 0 Å². The fourth-order valence-electron chi connectivity index (χ4n) is 2.20. The molecule has 0 saturated carbocycles. The van der Waals surface area contributed by atoms with E-state index in [-0.39, 0.29) is 17.9 Å². The molecule has 0 fully saturated rings. The zero-order valence-electron chi connectivity index (χ0n) is 13.8. The molecular weight excluding hydrogens is 314 g/mol. The summed E-state index contributed by atoms with van der Waals surface area (Å²) >= 11 is 0. The molecule has 0 aliphatic carbocycles. The van der Waals surface area contributed by atoms with Gasteiger partial charge in [-0.25, -0.2) is 4.99 Å². The molecule has 0 aromatic heterocycles. The lowest BCUT2D eigenvalue weighted by Gasteiger charge is -2.04. The van der Waals surface area contributed by atoms with Crippen molar-refractivity contribution >= 4 is 24.2 Å². The molecule has 2 rings (SSSR count). The molecule has 0 aliphatic heterocycles. The second kappa shape index (κ2) is 9.08. The molecule has 0 spiro atoms. The minimum Gasteiger partial charge on any atom is -0.507 e. The maximum atomic E-state index is 9.93. The molecular formula is C20H21N3O2. The van der Waals surface area contributed by atoms with Crippen LogP contribution in [0.4, 0.5) is 0 Å². The molecule has 0 unspecified atom stereocenters. The Morgan fingerprint density at radius 1 is 0.960 bits per heavy atom. The summed E-state index contributed by atoms with van der Waals surface area (Å²) in [5.41, 5.74) is 7.81. The Labute approximate surface area is 147 Å². The number of phenols is 2. The van der Waals surface area contributed by atoms with Crippen LogP contribution in [0.3, 0.4) is 0 Å². The number of nitrogens with two attached hydrogens (primary N) is 1. The first-order chi connectivity index (χ1) is 12.1. The quantitative estimate of drug-likeness (QED) is 0.455. The lowest BCUT2D eigenvalue weighted by Crippen LogP contribution is -2.11. The fourth-order valence-corrected chi connectivity index (χ4v) is 2.20. The number of aromatic hydroxyl groups is 2. The lowest BCUT2D eigenvalue weighted by atomic mass is 10.1. The van der Waals surface area contributed by atoms with Crippen molar-refractivity contribution in [3.05, 3.63) is 71.4 Å². The van der Waals surface area contributed by atoms with Crippen molar-refractivity contribution in [3.63, 3.8) is 0 Å². The first-order valence-corrected chi connectivity index (χ1v) is 7.85. The average Bonchev–Trinajstić information content (AvgIpc) is 2.58. The number of hydrogen-bond donors (Lipinski definition) is 4. The van der Waals surface area contributed by atoms with Crippen LogP contribution >= 0.6 is 0 Å². The van der Waals surface area contributed by atoms with Gasteiger partial charge in [0, 0.05) is 35.9 Å². The highest BCUT2D eigenvalue weighted by molar-refractivity contribution is 5.92. The highest BCUT2D eigenvalue weighted by atomic mass is 16.3. The first-order valence-electron chi connectivity index (χ1n) is 7.85. The van der Waals surface area contributed by atoms with Crippen LogP contribution in [0.5, 0.6) is 11.5 Å². The SMILES string of the molecule is N=CCC(N)=NC(=Cc1ccccc1O)CC=Cc1ccccc1O. The lowest BCUT2D eigenvalue weighted by molar-refractivity contribution is 0.473. The van der Waals surface area contributed by atoms with E-state index in [2.05, 4.69) is 4.99 Å². The van der Waals surface area contributed by atoms with Crippen LogP contribution in [0, 0.1) is 5.41 Å². The molecule has 2 aromatic rings. The number of para-hydroxylation sites is 2. The molecule has 0 atom stereocenters. The Hall–Kier alpha value is -3.34. The predicted molar refractivity (Wildman–Crippen MR) is 103 cm³/mol. The molecule has 25 heavy (non-hydrogen) atoms. The van der Waals surface area contributed by atoms with Gasteiger partial charge in [0.05, 0.1) is 0 Å². The number of nitrogens with one attached hydrogen (secondary N) is 1. The summed E-state index contributed by atoms with van der Waals surface area (Å²) in [6.45, 7) is 0. The molecule has 0 saturated heterocycles. The van der Waals surface area contributed by atoms with Gasteiger partial charge < -0.3 is 21.4 Å². The van der Waals surface area contributed by atoms with E-state index in [1.54, 1.807) is 42.5 Å². The molecule has 0 bridgehead atoms. The van der Waals surface area contributed by atoms with Gasteiger partial charge in [0.2, 0.25) is 0 Å². The average molecular weight is 335 g/mol. The van der Waals surface area contributed by atoms with E-state index in [0.29, 0.717) is 29.1 Å². The highest BCUT2D eigenvalue weighted by Gasteiger charge is 2.01. The van der Waals surface area contributed by atoms with Gasteiger partial charge in [0.15, 0.2) is 0 Å². The van der Waals surface area contributed by atoms with Crippen LogP contribution in [-0.4, -0.2) is 22.3 Å². The van der Waals surface area contributed by atoms with E-state index in [4.69, 9.17) is 11.1 Å². The molecule has 0 radical (unpaired) electrons. The number of allylic oxidation sites excluding steroid dienone is 1. The van der Waals surface area contributed by atoms with Crippen LogP contribution in [0.25, 0.3) is 12.2 Å². The molecule has 5 heteroatoms. The molecule has 0 amide bonds. The summed E-state index contributed by atoms with van der Waals surface area (Å²) in [6.07, 6.45) is 7.33. The molecule has 2 aromatic carbocycles. The van der Waals surface area contributed by atoms with Crippen LogP contribution in [0.1, 0.15) is 24.0 Å². The van der Waals surface area contributed by atoms with Gasteiger partial charge in [-0.2, -0.15) is 0 Å². The summed E-state index contributed by atoms with van der Waals surface area (Å²) in [6, 6.07) is 14.0. The molecule has 5 N–H and O–H groups in total. The van der Waals surface area contributed by atoms with E-state index in [0.717, 1.165) is 0 Å². The van der Waals surface area contributed by atoms with Gasteiger partial charge in [-0.1, -0.05) is 48.6 Å². The third-order valence-electron chi connectivity index (χ3n) is 3.42. The smallest absolute Gasteiger partial charge is 0.122 e. The molecule has 0 aliphatic rings. The number of rotatable bonds is 7. The molecule has 5 nitrogen and oxygen atoms in total. The molecule has 128 valence electrons. The summed E-state index contributed by atoms with van der Waals surface area (Å²) in [4.78, 5) is 4.34. The topological polar surface area (TPSA) is 103 Å². The highest BCUT2D eigenvalue weighted by Crippen LogP contribution is 2.22. The third kappa shape index (κ3) is 5.66. The summed E-state index contributed by atoms with van der Waals surface area (Å²) < 4.78 is 0. The summed E-state index contributed by atoms with van der Waals surface area (Å²) in [5.74, 6) is 0.690. The number of aliphatic imine (C=N–C) groups is 1. The van der Waals surface area contributed by atoms with Crippen molar-refractivity contribution < 1.29 is 10.2 Å². The minimum absolute atomic E-state index is 0.158. The second-order valence-corrected chi connectivity index (χ2v) is 5.37.